The molecular formula is C19H16N2OS2. The number of nitrogens with zero attached hydrogens (tertiary/aromatic N) is 2. The van der Waals surface area contributed by atoms with Crippen LogP contribution in [0.1, 0.15) is 5.56 Å². The Morgan fingerprint density at radius 3 is 2.83 bits per heavy atom. The minimum absolute atomic E-state index is 0.582. The Morgan fingerprint density at radius 2 is 2.00 bits per heavy atom. The van der Waals surface area contributed by atoms with Crippen molar-refractivity contribution in [1.29, 1.82) is 0 Å². The minimum Gasteiger partial charge on any atom is -0.488 e. The Bertz CT molecular complexity index is 960. The van der Waals surface area contributed by atoms with E-state index in [1.165, 1.54) is 10.5 Å². The fourth-order valence-electron chi connectivity index (χ4n) is 2.54. The first-order valence-electron chi connectivity index (χ1n) is 7.60. The maximum Gasteiger partial charge on any atom is 0.132 e. The summed E-state index contributed by atoms with van der Waals surface area (Å²) >= 11 is 3.40. The third kappa shape index (κ3) is 3.05. The number of hydrogen-bond acceptors (Lipinski definition) is 4. The summed E-state index contributed by atoms with van der Waals surface area (Å²) in [5, 5.41) is 3.15. The highest BCUT2D eigenvalue weighted by Crippen LogP contribution is 2.30. The highest BCUT2D eigenvalue weighted by Gasteiger charge is 2.09. The summed E-state index contributed by atoms with van der Waals surface area (Å²) in [6, 6.07) is 18.6. The fourth-order valence-corrected chi connectivity index (χ4v) is 3.79. The van der Waals surface area contributed by atoms with Gasteiger partial charge in [0.15, 0.2) is 0 Å². The second-order valence-electron chi connectivity index (χ2n) is 5.36. The van der Waals surface area contributed by atoms with E-state index in [0.717, 1.165) is 21.8 Å². The van der Waals surface area contributed by atoms with Gasteiger partial charge in [0.25, 0.3) is 0 Å². The predicted octanol–water partition coefficient (Wildman–Crippen LogP) is 5.39. The van der Waals surface area contributed by atoms with E-state index in [0.29, 0.717) is 6.61 Å². The molecule has 0 radical (unpaired) electrons. The summed E-state index contributed by atoms with van der Waals surface area (Å²) in [5.74, 6) is 0.890. The highest BCUT2D eigenvalue weighted by molar-refractivity contribution is 7.98. The van der Waals surface area contributed by atoms with Gasteiger partial charge in [-0.15, -0.1) is 23.1 Å². The van der Waals surface area contributed by atoms with Gasteiger partial charge in [-0.3, -0.25) is 4.57 Å². The smallest absolute Gasteiger partial charge is 0.132 e. The van der Waals surface area contributed by atoms with Gasteiger partial charge in [-0.1, -0.05) is 30.3 Å². The summed E-state index contributed by atoms with van der Waals surface area (Å²) in [6.45, 7) is 0.582. The van der Waals surface area contributed by atoms with Gasteiger partial charge in [0, 0.05) is 16.3 Å². The van der Waals surface area contributed by atoms with Gasteiger partial charge >= 0.3 is 0 Å². The van der Waals surface area contributed by atoms with Crippen molar-refractivity contribution in [3.63, 3.8) is 0 Å². The van der Waals surface area contributed by atoms with Gasteiger partial charge in [0.2, 0.25) is 0 Å². The monoisotopic (exact) mass is 352 g/mol. The highest BCUT2D eigenvalue weighted by atomic mass is 32.2. The van der Waals surface area contributed by atoms with Crippen LogP contribution in [-0.2, 0) is 6.61 Å². The predicted molar refractivity (Wildman–Crippen MR) is 102 cm³/mol. The van der Waals surface area contributed by atoms with Gasteiger partial charge in [-0.25, -0.2) is 4.98 Å². The normalized spacial score (nSPS) is 11.0. The lowest BCUT2D eigenvalue weighted by atomic mass is 10.2. The van der Waals surface area contributed by atoms with Crippen LogP contribution >= 0.6 is 23.1 Å². The molecule has 0 aliphatic heterocycles. The molecule has 2 aromatic carbocycles. The van der Waals surface area contributed by atoms with Crippen LogP contribution in [0.15, 0.2) is 71.2 Å². The number of fused-ring (bicyclic) bond motifs is 1. The second kappa shape index (κ2) is 6.71. The molecule has 0 amide bonds. The third-order valence-corrected chi connectivity index (χ3v) is 5.43. The Labute approximate surface area is 148 Å². The van der Waals surface area contributed by atoms with Crippen molar-refractivity contribution in [3.8, 4) is 10.8 Å². The molecule has 0 saturated heterocycles. The van der Waals surface area contributed by atoms with Gasteiger partial charge in [-0.2, -0.15) is 0 Å². The first-order valence-corrected chi connectivity index (χ1v) is 9.70. The zero-order chi connectivity index (χ0) is 16.4. The van der Waals surface area contributed by atoms with Crippen LogP contribution in [0.25, 0.3) is 16.0 Å². The molecular weight excluding hydrogens is 336 g/mol. The SMILES string of the molecule is CSc1ccc2ncn(-c3cc(OCc4ccccc4)cs3)c2c1. The number of rotatable bonds is 5. The van der Waals surface area contributed by atoms with E-state index < -0.39 is 0 Å². The van der Waals surface area contributed by atoms with Crippen molar-refractivity contribution in [1.82, 2.24) is 9.55 Å². The van der Waals surface area contributed by atoms with Crippen molar-refractivity contribution >= 4 is 34.1 Å². The van der Waals surface area contributed by atoms with E-state index in [2.05, 4.69) is 52.2 Å². The molecule has 24 heavy (non-hydrogen) atoms. The largest absolute Gasteiger partial charge is 0.488 e. The summed E-state index contributed by atoms with van der Waals surface area (Å²) < 4.78 is 8.02. The number of thiophene rings is 1. The zero-order valence-corrected chi connectivity index (χ0v) is 14.8. The van der Waals surface area contributed by atoms with E-state index in [1.54, 1.807) is 23.1 Å². The average Bonchev–Trinajstić information content (AvgIpc) is 3.26. The van der Waals surface area contributed by atoms with Gasteiger partial charge < -0.3 is 4.74 Å². The molecule has 0 saturated carbocycles. The molecule has 120 valence electrons. The van der Waals surface area contributed by atoms with Crippen LogP contribution in [0.5, 0.6) is 5.75 Å². The number of aromatic nitrogens is 2. The van der Waals surface area contributed by atoms with E-state index >= 15 is 0 Å². The van der Waals surface area contributed by atoms with E-state index in [-0.39, 0.29) is 0 Å². The van der Waals surface area contributed by atoms with Gasteiger partial charge in [-0.05, 0) is 30.0 Å². The number of hydrogen-bond donors (Lipinski definition) is 0. The molecule has 0 aliphatic carbocycles. The Balaban J connectivity index is 1.58. The second-order valence-corrected chi connectivity index (χ2v) is 7.13. The van der Waals surface area contributed by atoms with Crippen molar-refractivity contribution in [2.45, 2.75) is 11.5 Å². The lowest BCUT2D eigenvalue weighted by Crippen LogP contribution is -1.93. The summed E-state index contributed by atoms with van der Waals surface area (Å²) in [7, 11) is 0. The van der Waals surface area contributed by atoms with Crippen LogP contribution in [0.2, 0.25) is 0 Å². The van der Waals surface area contributed by atoms with Crippen LogP contribution < -0.4 is 4.74 Å². The quantitative estimate of drug-likeness (QED) is 0.451. The molecule has 0 unspecified atom stereocenters. The molecule has 0 fully saturated rings. The molecule has 0 atom stereocenters. The van der Waals surface area contributed by atoms with E-state index in [4.69, 9.17) is 4.74 Å². The minimum atomic E-state index is 0.582. The Morgan fingerprint density at radius 1 is 1.12 bits per heavy atom. The third-order valence-electron chi connectivity index (χ3n) is 3.80. The Kier molecular flexibility index (Phi) is 4.28. The van der Waals surface area contributed by atoms with Crippen molar-refractivity contribution < 1.29 is 4.74 Å². The van der Waals surface area contributed by atoms with Crippen molar-refractivity contribution in [2.75, 3.05) is 6.26 Å². The molecule has 2 aromatic heterocycles. The number of imidazole rings is 1. The average molecular weight is 352 g/mol. The van der Waals surface area contributed by atoms with Crippen molar-refractivity contribution in [3.05, 3.63) is 71.9 Å². The molecule has 4 aromatic rings. The molecule has 0 spiro atoms. The fraction of sp³-hybridized carbons (Fsp3) is 0.105. The van der Waals surface area contributed by atoms with Crippen LogP contribution in [0.3, 0.4) is 0 Å². The van der Waals surface area contributed by atoms with E-state index in [1.807, 2.05) is 29.9 Å². The maximum atomic E-state index is 5.90. The maximum absolute atomic E-state index is 5.90. The lowest BCUT2D eigenvalue weighted by Gasteiger charge is -2.04. The first-order chi connectivity index (χ1) is 11.8. The molecule has 2 heterocycles. The van der Waals surface area contributed by atoms with Crippen LogP contribution in [-0.4, -0.2) is 15.8 Å². The molecule has 0 bridgehead atoms. The van der Waals surface area contributed by atoms with E-state index in [9.17, 15) is 0 Å². The van der Waals surface area contributed by atoms with Gasteiger partial charge in [0.1, 0.15) is 23.7 Å². The molecule has 4 rings (SSSR count). The van der Waals surface area contributed by atoms with Crippen molar-refractivity contribution in [2.24, 2.45) is 0 Å². The summed E-state index contributed by atoms with van der Waals surface area (Å²) in [6.07, 6.45) is 3.96. The Hall–Kier alpha value is -2.24. The summed E-state index contributed by atoms with van der Waals surface area (Å²) in [4.78, 5) is 5.73. The number of ether oxygens (including phenoxy) is 1. The molecule has 5 heteroatoms. The molecule has 3 nitrogen and oxygen atoms in total. The van der Waals surface area contributed by atoms with Crippen LogP contribution in [0, 0.1) is 0 Å². The first kappa shape index (κ1) is 15.3. The molecule has 0 aliphatic rings. The zero-order valence-electron chi connectivity index (χ0n) is 13.2. The lowest BCUT2D eigenvalue weighted by molar-refractivity contribution is 0.307. The summed E-state index contributed by atoms with van der Waals surface area (Å²) in [5.41, 5.74) is 3.30. The van der Waals surface area contributed by atoms with Crippen LogP contribution in [0.4, 0.5) is 0 Å². The van der Waals surface area contributed by atoms with Gasteiger partial charge in [0.05, 0.1) is 11.0 Å². The standard InChI is InChI=1S/C19H16N2OS2/c1-23-16-7-8-17-18(10-16)21(13-20-17)19-9-15(12-24-19)22-11-14-5-3-2-4-6-14/h2-10,12-13H,11H2,1H3. The number of thioether (sulfide) groups is 1. The molecule has 0 N–H and O–H groups in total. The number of benzene rings is 2. The topological polar surface area (TPSA) is 27.1 Å².